The monoisotopic (exact) mass is 195 g/mol. The Morgan fingerprint density at radius 3 is 2.50 bits per heavy atom. The maximum atomic E-state index is 13.4. The Morgan fingerprint density at radius 1 is 1.36 bits per heavy atom. The van der Waals surface area contributed by atoms with Crippen LogP contribution in [0.5, 0.6) is 0 Å². The number of halogens is 1. The normalized spacial score (nSPS) is 15.1. The van der Waals surface area contributed by atoms with Crippen molar-refractivity contribution in [2.24, 2.45) is 0 Å². The zero-order valence-corrected chi connectivity index (χ0v) is 9.05. The fourth-order valence-corrected chi connectivity index (χ4v) is 1.87. The highest BCUT2D eigenvalue weighted by Crippen LogP contribution is 2.23. The average molecular weight is 195 g/mol. The van der Waals surface area contributed by atoms with Crippen LogP contribution in [0.25, 0.3) is 0 Å². The van der Waals surface area contributed by atoms with Gasteiger partial charge in [-0.1, -0.05) is 32.0 Å². The quantitative estimate of drug-likeness (QED) is 0.779. The van der Waals surface area contributed by atoms with Crippen molar-refractivity contribution in [1.82, 2.24) is 5.32 Å². The smallest absolute Gasteiger partial charge is 0.126 e. The topological polar surface area (TPSA) is 12.0 Å². The van der Waals surface area contributed by atoms with E-state index >= 15 is 0 Å². The summed E-state index contributed by atoms with van der Waals surface area (Å²) >= 11 is 0. The largest absolute Gasteiger partial charge is 0.316 e. The summed E-state index contributed by atoms with van der Waals surface area (Å²) in [6.45, 7) is 4.17. The summed E-state index contributed by atoms with van der Waals surface area (Å²) in [6.07, 6.45) is 1.01. The second kappa shape index (κ2) is 5.11. The molecular formula is C12H18FN. The number of hydrogen-bond acceptors (Lipinski definition) is 1. The van der Waals surface area contributed by atoms with Crippen molar-refractivity contribution in [2.45, 2.75) is 32.2 Å². The van der Waals surface area contributed by atoms with Gasteiger partial charge >= 0.3 is 0 Å². The number of benzene rings is 1. The standard InChI is InChI=1S/C12H18FN/c1-4-12(14-3)9(2)10-7-5-6-8-11(10)13/h5-9,12,14H,4H2,1-3H3. The lowest BCUT2D eigenvalue weighted by molar-refractivity contribution is 0.456. The van der Waals surface area contributed by atoms with Crippen LogP contribution in [0.2, 0.25) is 0 Å². The Hall–Kier alpha value is -0.890. The molecule has 0 bridgehead atoms. The van der Waals surface area contributed by atoms with Crippen molar-refractivity contribution in [3.63, 3.8) is 0 Å². The van der Waals surface area contributed by atoms with Gasteiger partial charge in [0, 0.05) is 6.04 Å². The Bertz CT molecular complexity index is 281. The molecule has 14 heavy (non-hydrogen) atoms. The van der Waals surface area contributed by atoms with Gasteiger partial charge in [-0.2, -0.15) is 0 Å². The Balaban J connectivity index is 2.88. The summed E-state index contributed by atoms with van der Waals surface area (Å²) in [5, 5.41) is 3.21. The molecule has 0 heterocycles. The first-order valence-corrected chi connectivity index (χ1v) is 5.12. The van der Waals surface area contributed by atoms with Crippen LogP contribution in [-0.4, -0.2) is 13.1 Å². The first-order valence-electron chi connectivity index (χ1n) is 5.12. The van der Waals surface area contributed by atoms with E-state index in [0.717, 1.165) is 12.0 Å². The molecule has 2 heteroatoms. The fraction of sp³-hybridized carbons (Fsp3) is 0.500. The first kappa shape index (κ1) is 11.2. The second-order valence-corrected chi connectivity index (χ2v) is 3.61. The lowest BCUT2D eigenvalue weighted by Gasteiger charge is -2.22. The van der Waals surface area contributed by atoms with Gasteiger partial charge < -0.3 is 5.32 Å². The molecule has 1 rings (SSSR count). The van der Waals surface area contributed by atoms with Crippen molar-refractivity contribution < 1.29 is 4.39 Å². The Kier molecular flexibility index (Phi) is 4.08. The molecule has 0 amide bonds. The number of nitrogens with one attached hydrogen (secondary N) is 1. The van der Waals surface area contributed by atoms with E-state index in [0.29, 0.717) is 6.04 Å². The summed E-state index contributed by atoms with van der Waals surface area (Å²) in [5.74, 6) is 0.111. The van der Waals surface area contributed by atoms with Gasteiger partial charge in [0.2, 0.25) is 0 Å². The number of hydrogen-bond donors (Lipinski definition) is 1. The highest BCUT2D eigenvalue weighted by molar-refractivity contribution is 5.22. The maximum Gasteiger partial charge on any atom is 0.126 e. The molecular weight excluding hydrogens is 177 g/mol. The Labute approximate surface area is 85.3 Å². The summed E-state index contributed by atoms with van der Waals surface area (Å²) in [5.41, 5.74) is 0.800. The molecule has 0 spiro atoms. The molecule has 1 aromatic rings. The van der Waals surface area contributed by atoms with E-state index < -0.39 is 0 Å². The zero-order valence-electron chi connectivity index (χ0n) is 9.05. The van der Waals surface area contributed by atoms with Crippen molar-refractivity contribution in [2.75, 3.05) is 7.05 Å². The summed E-state index contributed by atoms with van der Waals surface area (Å²) < 4.78 is 13.4. The summed E-state index contributed by atoms with van der Waals surface area (Å²) in [4.78, 5) is 0. The predicted octanol–water partition coefficient (Wildman–Crippen LogP) is 2.93. The van der Waals surface area contributed by atoms with Gasteiger partial charge in [-0.3, -0.25) is 0 Å². The van der Waals surface area contributed by atoms with Crippen molar-refractivity contribution in [1.29, 1.82) is 0 Å². The minimum Gasteiger partial charge on any atom is -0.316 e. The third kappa shape index (κ3) is 2.32. The number of likely N-dealkylation sites (N-methyl/N-ethyl adjacent to an activating group) is 1. The number of rotatable bonds is 4. The van der Waals surface area contributed by atoms with Gasteiger partial charge in [0.1, 0.15) is 5.82 Å². The van der Waals surface area contributed by atoms with Crippen LogP contribution >= 0.6 is 0 Å². The summed E-state index contributed by atoms with van der Waals surface area (Å²) in [6, 6.07) is 7.34. The average Bonchev–Trinajstić information content (AvgIpc) is 2.20. The molecule has 0 saturated carbocycles. The van der Waals surface area contributed by atoms with Crippen LogP contribution in [0, 0.1) is 5.82 Å². The minimum atomic E-state index is -0.103. The molecule has 0 aliphatic carbocycles. The van der Waals surface area contributed by atoms with E-state index in [2.05, 4.69) is 19.2 Å². The third-order valence-corrected chi connectivity index (χ3v) is 2.81. The van der Waals surface area contributed by atoms with Crippen molar-refractivity contribution in [3.05, 3.63) is 35.6 Å². The van der Waals surface area contributed by atoms with E-state index in [1.54, 1.807) is 6.07 Å². The molecule has 0 radical (unpaired) electrons. The lowest BCUT2D eigenvalue weighted by Crippen LogP contribution is -2.30. The highest BCUT2D eigenvalue weighted by atomic mass is 19.1. The van der Waals surface area contributed by atoms with Crippen LogP contribution in [0.15, 0.2) is 24.3 Å². The molecule has 2 unspecified atom stereocenters. The van der Waals surface area contributed by atoms with Gasteiger partial charge in [0.25, 0.3) is 0 Å². The van der Waals surface area contributed by atoms with Crippen LogP contribution in [0.1, 0.15) is 31.7 Å². The Morgan fingerprint density at radius 2 is 2.00 bits per heavy atom. The molecule has 1 aromatic carbocycles. The highest BCUT2D eigenvalue weighted by Gasteiger charge is 2.17. The van der Waals surface area contributed by atoms with E-state index in [1.807, 2.05) is 19.2 Å². The molecule has 0 aliphatic heterocycles. The van der Waals surface area contributed by atoms with Crippen LogP contribution in [0.3, 0.4) is 0 Å². The molecule has 0 aliphatic rings. The predicted molar refractivity (Wildman–Crippen MR) is 58.0 cm³/mol. The van der Waals surface area contributed by atoms with E-state index in [-0.39, 0.29) is 11.7 Å². The van der Waals surface area contributed by atoms with Gasteiger partial charge in [0.15, 0.2) is 0 Å². The van der Waals surface area contributed by atoms with E-state index in [4.69, 9.17) is 0 Å². The molecule has 2 atom stereocenters. The van der Waals surface area contributed by atoms with Crippen molar-refractivity contribution in [3.8, 4) is 0 Å². The van der Waals surface area contributed by atoms with Crippen molar-refractivity contribution >= 4 is 0 Å². The van der Waals surface area contributed by atoms with Crippen LogP contribution in [-0.2, 0) is 0 Å². The fourth-order valence-electron chi connectivity index (χ4n) is 1.87. The maximum absolute atomic E-state index is 13.4. The van der Waals surface area contributed by atoms with Gasteiger partial charge in [0.05, 0.1) is 0 Å². The van der Waals surface area contributed by atoms with Crippen LogP contribution in [0.4, 0.5) is 4.39 Å². The van der Waals surface area contributed by atoms with Crippen LogP contribution < -0.4 is 5.32 Å². The molecule has 0 saturated heterocycles. The molecule has 78 valence electrons. The first-order chi connectivity index (χ1) is 6.70. The second-order valence-electron chi connectivity index (χ2n) is 3.61. The summed E-state index contributed by atoms with van der Waals surface area (Å²) in [7, 11) is 1.92. The lowest BCUT2D eigenvalue weighted by atomic mass is 9.91. The minimum absolute atomic E-state index is 0.103. The van der Waals surface area contributed by atoms with Gasteiger partial charge in [-0.15, -0.1) is 0 Å². The van der Waals surface area contributed by atoms with Gasteiger partial charge in [-0.25, -0.2) is 4.39 Å². The zero-order chi connectivity index (χ0) is 10.6. The van der Waals surface area contributed by atoms with E-state index in [9.17, 15) is 4.39 Å². The van der Waals surface area contributed by atoms with E-state index in [1.165, 1.54) is 6.07 Å². The molecule has 0 fully saturated rings. The third-order valence-electron chi connectivity index (χ3n) is 2.81. The molecule has 1 nitrogen and oxygen atoms in total. The molecule has 1 N–H and O–H groups in total. The molecule has 0 aromatic heterocycles. The van der Waals surface area contributed by atoms with Gasteiger partial charge in [-0.05, 0) is 31.0 Å². The SMILES string of the molecule is CCC(NC)C(C)c1ccccc1F.